The number of aromatic hydroxyl groups is 1. The fraction of sp³-hybridized carbons (Fsp3) is 0.381. The fourth-order valence-corrected chi connectivity index (χ4v) is 8.81. The molecule has 0 radical (unpaired) electrons. The number of ether oxygens (including phenoxy) is 2. The van der Waals surface area contributed by atoms with Crippen molar-refractivity contribution in [1.82, 2.24) is 19.8 Å². The van der Waals surface area contributed by atoms with E-state index in [2.05, 4.69) is 9.97 Å². The SMILES string of the molecule is C[C@H](O)Cc1ncccc1C(=O)N1CCSC[C@H]1COc1cccc(OO[C@H](C)Cc2ncccc2C(=O)N2CCSC[C@H]2COc2cccc(O)c2C=O)c1C=O. The highest BCUT2D eigenvalue weighted by atomic mass is 32.2. The molecule has 2 amide bonds. The van der Waals surface area contributed by atoms with E-state index >= 15 is 0 Å². The number of rotatable bonds is 17. The van der Waals surface area contributed by atoms with Crippen molar-refractivity contribution in [2.75, 3.05) is 49.3 Å². The number of carbonyl (C=O) groups is 4. The van der Waals surface area contributed by atoms with E-state index in [9.17, 15) is 29.4 Å². The van der Waals surface area contributed by atoms with Crippen molar-refractivity contribution in [1.29, 1.82) is 0 Å². The van der Waals surface area contributed by atoms with Crippen LogP contribution in [0.5, 0.6) is 23.0 Å². The number of phenols is 1. The molecule has 2 aliphatic heterocycles. The first-order valence-electron chi connectivity index (χ1n) is 19.0. The van der Waals surface area contributed by atoms with Crippen molar-refractivity contribution >= 4 is 47.9 Å². The van der Waals surface area contributed by atoms with Gasteiger partial charge in [0.05, 0.1) is 46.3 Å². The molecule has 2 fully saturated rings. The number of aliphatic hydroxyl groups is 1. The van der Waals surface area contributed by atoms with E-state index in [4.69, 9.17) is 19.2 Å². The summed E-state index contributed by atoms with van der Waals surface area (Å²) in [7, 11) is 0. The molecule has 0 aliphatic carbocycles. The Balaban J connectivity index is 1.08. The molecule has 6 rings (SSSR count). The van der Waals surface area contributed by atoms with Gasteiger partial charge < -0.3 is 34.4 Å². The number of aromatic nitrogens is 2. The van der Waals surface area contributed by atoms with Crippen LogP contribution in [0.2, 0.25) is 0 Å². The van der Waals surface area contributed by atoms with Crippen molar-refractivity contribution in [3.63, 3.8) is 0 Å². The third kappa shape index (κ3) is 10.5. The van der Waals surface area contributed by atoms with Crippen molar-refractivity contribution < 1.29 is 48.6 Å². The average Bonchev–Trinajstić information content (AvgIpc) is 3.24. The highest BCUT2D eigenvalue weighted by Crippen LogP contribution is 2.30. The van der Waals surface area contributed by atoms with Gasteiger partial charge in [-0.15, -0.1) is 0 Å². The summed E-state index contributed by atoms with van der Waals surface area (Å²) in [5.74, 6) is 2.83. The summed E-state index contributed by atoms with van der Waals surface area (Å²) in [6.07, 6.45) is 3.60. The Kier molecular flexibility index (Phi) is 15.0. The second-order valence-corrected chi connectivity index (χ2v) is 16.2. The standard InChI is InChI=1S/C42H46N4O10S2/c1-27(49)19-35-31(7-5-13-43-35)41(51)45-15-17-58-26-30(45)24-54-39-11-4-12-40(34(39)22-48)56-55-28(2)20-36-32(8-6-14-44-36)42(52)46-16-18-57-25-29(46)23-53-38-10-3-9-37(50)33(38)21-47/h3-14,21-22,27-30,49-50H,15-20,23-26H2,1-2H3/t27-,28+,29+,30+/m0/s1. The summed E-state index contributed by atoms with van der Waals surface area (Å²) in [4.78, 5) is 75.5. The first-order valence-corrected chi connectivity index (χ1v) is 21.3. The van der Waals surface area contributed by atoms with Crippen LogP contribution in [0, 0.1) is 0 Å². The van der Waals surface area contributed by atoms with E-state index < -0.39 is 12.2 Å². The van der Waals surface area contributed by atoms with Crippen LogP contribution in [0.15, 0.2) is 73.1 Å². The molecule has 2 N–H and O–H groups in total. The summed E-state index contributed by atoms with van der Waals surface area (Å²) in [5.41, 5.74) is 2.07. The first kappa shape index (κ1) is 42.4. The molecular formula is C42H46N4O10S2. The zero-order chi connectivity index (χ0) is 41.0. The molecule has 0 unspecified atom stereocenters. The van der Waals surface area contributed by atoms with Crippen molar-refractivity contribution in [3.05, 3.63) is 107 Å². The Morgan fingerprint density at radius 1 is 0.759 bits per heavy atom. The molecule has 306 valence electrons. The van der Waals surface area contributed by atoms with E-state index in [1.165, 1.54) is 6.07 Å². The van der Waals surface area contributed by atoms with E-state index in [1.54, 1.807) is 114 Å². The van der Waals surface area contributed by atoms with E-state index in [0.29, 0.717) is 59.7 Å². The molecule has 4 aromatic rings. The van der Waals surface area contributed by atoms with Crippen LogP contribution in [-0.2, 0) is 17.7 Å². The van der Waals surface area contributed by atoms with E-state index in [1.807, 2.05) is 0 Å². The lowest BCUT2D eigenvalue weighted by Crippen LogP contribution is -2.49. The monoisotopic (exact) mass is 830 g/mol. The number of benzene rings is 2. The minimum atomic E-state index is -0.652. The number of amides is 2. The molecular weight excluding hydrogens is 785 g/mol. The topological polar surface area (TPSA) is 178 Å². The highest BCUT2D eigenvalue weighted by Gasteiger charge is 2.32. The molecule has 0 bridgehead atoms. The number of carbonyl (C=O) groups excluding carboxylic acids is 4. The molecule has 2 aliphatic rings. The number of aldehydes is 2. The largest absolute Gasteiger partial charge is 0.507 e. The average molecular weight is 831 g/mol. The maximum atomic E-state index is 14.0. The molecule has 2 saturated heterocycles. The highest BCUT2D eigenvalue weighted by molar-refractivity contribution is 7.99. The second-order valence-electron chi connectivity index (χ2n) is 13.9. The third-order valence-corrected chi connectivity index (χ3v) is 11.8. The maximum Gasteiger partial charge on any atom is 0.256 e. The smallest absolute Gasteiger partial charge is 0.256 e. The molecule has 16 heteroatoms. The number of aliphatic hydroxyl groups excluding tert-OH is 1. The Bertz CT molecular complexity index is 2070. The summed E-state index contributed by atoms with van der Waals surface area (Å²) >= 11 is 3.41. The number of phenolic OH excluding ortho intramolecular Hbond substituents is 1. The molecule has 2 aromatic heterocycles. The molecule has 2 aromatic carbocycles. The minimum absolute atomic E-state index is 0.0542. The Hall–Kier alpha value is -5.16. The van der Waals surface area contributed by atoms with Gasteiger partial charge in [-0.25, -0.2) is 0 Å². The molecule has 0 saturated carbocycles. The lowest BCUT2D eigenvalue weighted by atomic mass is 10.1. The lowest BCUT2D eigenvalue weighted by Gasteiger charge is -2.35. The molecule has 58 heavy (non-hydrogen) atoms. The van der Waals surface area contributed by atoms with Crippen LogP contribution in [-0.4, -0.2) is 128 Å². The molecule has 14 nitrogen and oxygen atoms in total. The number of thioether (sulfide) groups is 2. The predicted molar refractivity (Wildman–Crippen MR) is 219 cm³/mol. The minimum Gasteiger partial charge on any atom is -0.507 e. The van der Waals surface area contributed by atoms with Gasteiger partial charge in [0.2, 0.25) is 0 Å². The lowest BCUT2D eigenvalue weighted by molar-refractivity contribution is -0.239. The predicted octanol–water partition coefficient (Wildman–Crippen LogP) is 4.95. The van der Waals surface area contributed by atoms with Crippen LogP contribution in [0.25, 0.3) is 0 Å². The first-order chi connectivity index (χ1) is 28.2. The van der Waals surface area contributed by atoms with Gasteiger partial charge in [-0.05, 0) is 62.4 Å². The van der Waals surface area contributed by atoms with Gasteiger partial charge in [-0.2, -0.15) is 28.4 Å². The van der Waals surface area contributed by atoms with Gasteiger partial charge in [-0.3, -0.25) is 29.1 Å². The Labute approximate surface area is 345 Å². The summed E-state index contributed by atoms with van der Waals surface area (Å²) in [6, 6.07) is 15.8. The van der Waals surface area contributed by atoms with Crippen LogP contribution in [0.4, 0.5) is 0 Å². The number of nitrogens with zero attached hydrogens (tertiary/aromatic N) is 4. The van der Waals surface area contributed by atoms with Crippen LogP contribution in [0.3, 0.4) is 0 Å². The van der Waals surface area contributed by atoms with Gasteiger partial charge in [-0.1, -0.05) is 12.1 Å². The Morgan fingerprint density at radius 2 is 1.28 bits per heavy atom. The van der Waals surface area contributed by atoms with Gasteiger partial charge in [0, 0.05) is 61.3 Å². The zero-order valence-electron chi connectivity index (χ0n) is 32.2. The quantitative estimate of drug-likeness (QED) is 0.0831. The van der Waals surface area contributed by atoms with Crippen molar-refractivity contribution in [3.8, 4) is 23.0 Å². The van der Waals surface area contributed by atoms with Crippen molar-refractivity contribution in [2.45, 2.75) is 51.0 Å². The zero-order valence-corrected chi connectivity index (χ0v) is 33.9. The number of pyridine rings is 2. The van der Waals surface area contributed by atoms with Crippen LogP contribution in [0.1, 0.15) is 66.7 Å². The number of hydrogen-bond acceptors (Lipinski definition) is 14. The molecule has 4 heterocycles. The van der Waals surface area contributed by atoms with E-state index in [0.717, 1.165) is 11.5 Å². The second kappa shape index (κ2) is 20.5. The third-order valence-electron chi connectivity index (χ3n) is 9.66. The van der Waals surface area contributed by atoms with Crippen LogP contribution >= 0.6 is 23.5 Å². The summed E-state index contributed by atoms with van der Waals surface area (Å²) in [6.45, 7) is 4.66. The van der Waals surface area contributed by atoms with Crippen LogP contribution < -0.4 is 14.4 Å². The van der Waals surface area contributed by atoms with E-state index in [-0.39, 0.29) is 84.1 Å². The van der Waals surface area contributed by atoms with Gasteiger partial charge in [0.15, 0.2) is 18.3 Å². The summed E-state index contributed by atoms with van der Waals surface area (Å²) in [5, 5.41) is 20.0. The molecule has 0 spiro atoms. The van der Waals surface area contributed by atoms with Gasteiger partial charge in [0.1, 0.15) is 42.1 Å². The molecule has 4 atom stereocenters. The fourth-order valence-electron chi connectivity index (χ4n) is 6.73. The number of hydrogen-bond donors (Lipinski definition) is 2. The normalized spacial score (nSPS) is 17.8. The van der Waals surface area contributed by atoms with Gasteiger partial charge >= 0.3 is 0 Å². The summed E-state index contributed by atoms with van der Waals surface area (Å²) < 4.78 is 12.1. The van der Waals surface area contributed by atoms with Crippen molar-refractivity contribution in [2.24, 2.45) is 0 Å². The maximum absolute atomic E-state index is 14.0. The Morgan fingerprint density at radius 3 is 1.83 bits per heavy atom. The van der Waals surface area contributed by atoms with Gasteiger partial charge in [0.25, 0.3) is 11.8 Å².